The van der Waals surface area contributed by atoms with Crippen molar-refractivity contribution in [2.45, 2.75) is 13.8 Å². The second-order valence-electron chi connectivity index (χ2n) is 4.80. The van der Waals surface area contributed by atoms with Gasteiger partial charge < -0.3 is 15.2 Å². The van der Waals surface area contributed by atoms with Crippen LogP contribution in [0.25, 0.3) is 0 Å². The fourth-order valence-corrected chi connectivity index (χ4v) is 1.52. The van der Waals surface area contributed by atoms with Crippen LogP contribution in [0.3, 0.4) is 0 Å². The third-order valence-electron chi connectivity index (χ3n) is 2.39. The Balaban J connectivity index is 2.14. The van der Waals surface area contributed by atoms with Crippen molar-refractivity contribution in [3.05, 3.63) is 28.7 Å². The summed E-state index contributed by atoms with van der Waals surface area (Å²) in [5.74, 6) is 0.872. The first kappa shape index (κ1) is 14.5. The van der Waals surface area contributed by atoms with Gasteiger partial charge in [-0.25, -0.2) is 0 Å². The molecule has 0 atom stereocenters. The Morgan fingerprint density at radius 1 is 1.29 bits per heavy atom. The van der Waals surface area contributed by atoms with E-state index in [0.29, 0.717) is 6.61 Å². The van der Waals surface area contributed by atoms with Crippen molar-refractivity contribution in [3.63, 3.8) is 0 Å². The van der Waals surface area contributed by atoms with Crippen LogP contribution in [0.2, 0.25) is 0 Å². The summed E-state index contributed by atoms with van der Waals surface area (Å²) in [6.45, 7) is 6.43. The monoisotopic (exact) mass is 301 g/mol. The van der Waals surface area contributed by atoms with E-state index in [1.54, 1.807) is 0 Å². The normalized spacial score (nSPS) is 11.5. The Bertz CT molecular complexity index is 325. The number of aliphatic hydroxyl groups excluding tert-OH is 1. The van der Waals surface area contributed by atoms with Gasteiger partial charge in [-0.2, -0.15) is 0 Å². The van der Waals surface area contributed by atoms with Gasteiger partial charge in [0.05, 0.1) is 0 Å². The average Bonchev–Trinajstić information content (AvgIpc) is 2.31. The second kappa shape index (κ2) is 6.99. The molecule has 3 nitrogen and oxygen atoms in total. The van der Waals surface area contributed by atoms with Crippen molar-refractivity contribution in [2.24, 2.45) is 5.41 Å². The van der Waals surface area contributed by atoms with E-state index in [0.717, 1.165) is 23.3 Å². The molecule has 0 saturated heterocycles. The molecule has 1 aromatic rings. The highest BCUT2D eigenvalue weighted by molar-refractivity contribution is 9.10. The van der Waals surface area contributed by atoms with E-state index < -0.39 is 0 Å². The van der Waals surface area contributed by atoms with Gasteiger partial charge in [-0.1, -0.05) is 29.8 Å². The Morgan fingerprint density at radius 3 is 2.53 bits per heavy atom. The van der Waals surface area contributed by atoms with Crippen LogP contribution in [0, 0.1) is 5.41 Å². The Labute approximate surface area is 111 Å². The largest absolute Gasteiger partial charge is 0.492 e. The van der Waals surface area contributed by atoms with E-state index in [1.165, 1.54) is 0 Å². The fraction of sp³-hybridized carbons (Fsp3) is 0.538. The van der Waals surface area contributed by atoms with Crippen LogP contribution < -0.4 is 10.1 Å². The highest BCUT2D eigenvalue weighted by atomic mass is 79.9. The molecule has 0 radical (unpaired) electrons. The molecule has 0 aliphatic carbocycles. The zero-order valence-corrected chi connectivity index (χ0v) is 12.0. The van der Waals surface area contributed by atoms with Crippen LogP contribution in [0.15, 0.2) is 28.7 Å². The van der Waals surface area contributed by atoms with E-state index >= 15 is 0 Å². The molecule has 0 heterocycles. The maximum absolute atomic E-state index is 9.08. The predicted molar refractivity (Wildman–Crippen MR) is 73.4 cm³/mol. The van der Waals surface area contributed by atoms with Gasteiger partial charge in [0.2, 0.25) is 0 Å². The van der Waals surface area contributed by atoms with Gasteiger partial charge in [0.15, 0.2) is 0 Å². The minimum atomic E-state index is -0.0718. The van der Waals surface area contributed by atoms with Crippen LogP contribution in [0.4, 0.5) is 0 Å². The van der Waals surface area contributed by atoms with Crippen LogP contribution in [0.1, 0.15) is 13.8 Å². The predicted octanol–water partition coefficient (Wildman–Crippen LogP) is 2.44. The van der Waals surface area contributed by atoms with Crippen molar-refractivity contribution in [1.82, 2.24) is 5.32 Å². The summed E-state index contributed by atoms with van der Waals surface area (Å²) in [6, 6.07) is 7.78. The minimum absolute atomic E-state index is 0.0718. The summed E-state index contributed by atoms with van der Waals surface area (Å²) in [5.41, 5.74) is -0.0718. The molecule has 17 heavy (non-hydrogen) atoms. The molecule has 0 bridgehead atoms. The maximum atomic E-state index is 9.08. The van der Waals surface area contributed by atoms with Crippen LogP contribution in [-0.4, -0.2) is 31.4 Å². The number of halogens is 1. The maximum Gasteiger partial charge on any atom is 0.119 e. The molecule has 1 rings (SSSR count). The molecule has 0 fully saturated rings. The van der Waals surface area contributed by atoms with Gasteiger partial charge >= 0.3 is 0 Å². The molecule has 0 aliphatic heterocycles. The smallest absolute Gasteiger partial charge is 0.119 e. The summed E-state index contributed by atoms with van der Waals surface area (Å²) in [5, 5.41) is 12.3. The van der Waals surface area contributed by atoms with Crippen molar-refractivity contribution < 1.29 is 9.84 Å². The van der Waals surface area contributed by atoms with E-state index in [-0.39, 0.29) is 12.0 Å². The van der Waals surface area contributed by atoms with E-state index in [4.69, 9.17) is 9.84 Å². The van der Waals surface area contributed by atoms with Gasteiger partial charge in [-0.3, -0.25) is 0 Å². The van der Waals surface area contributed by atoms with Crippen molar-refractivity contribution in [3.8, 4) is 5.75 Å². The first-order chi connectivity index (χ1) is 8.03. The van der Waals surface area contributed by atoms with Crippen LogP contribution >= 0.6 is 15.9 Å². The Kier molecular flexibility index (Phi) is 5.95. The number of hydrogen-bond donors (Lipinski definition) is 2. The third-order valence-corrected chi connectivity index (χ3v) is 2.92. The van der Waals surface area contributed by atoms with Gasteiger partial charge in [-0.05, 0) is 24.3 Å². The molecule has 96 valence electrons. The van der Waals surface area contributed by atoms with Crippen molar-refractivity contribution in [2.75, 3.05) is 26.3 Å². The molecule has 0 amide bonds. The minimum Gasteiger partial charge on any atom is -0.492 e. The molecule has 4 heteroatoms. The zero-order chi connectivity index (χ0) is 12.7. The zero-order valence-electron chi connectivity index (χ0n) is 10.4. The van der Waals surface area contributed by atoms with Gasteiger partial charge in [0, 0.05) is 29.6 Å². The second-order valence-corrected chi connectivity index (χ2v) is 5.72. The molecule has 2 N–H and O–H groups in total. The van der Waals surface area contributed by atoms with Gasteiger partial charge in [0.1, 0.15) is 12.4 Å². The lowest BCUT2D eigenvalue weighted by atomic mass is 9.95. The third kappa shape index (κ3) is 6.05. The van der Waals surface area contributed by atoms with Crippen molar-refractivity contribution >= 4 is 15.9 Å². The van der Waals surface area contributed by atoms with Crippen LogP contribution in [0.5, 0.6) is 5.75 Å². The lowest BCUT2D eigenvalue weighted by molar-refractivity contribution is 0.155. The molecular weight excluding hydrogens is 282 g/mol. The van der Waals surface area contributed by atoms with Gasteiger partial charge in [-0.15, -0.1) is 0 Å². The number of benzene rings is 1. The molecule has 0 aromatic heterocycles. The Morgan fingerprint density at radius 2 is 1.94 bits per heavy atom. The molecule has 0 saturated carbocycles. The summed E-state index contributed by atoms with van der Waals surface area (Å²) in [7, 11) is 0. The first-order valence-electron chi connectivity index (χ1n) is 5.73. The average molecular weight is 302 g/mol. The number of hydrogen-bond acceptors (Lipinski definition) is 3. The van der Waals surface area contributed by atoms with Gasteiger partial charge in [0.25, 0.3) is 0 Å². The number of rotatable bonds is 7. The lowest BCUT2D eigenvalue weighted by Crippen LogP contribution is -2.34. The number of ether oxygens (including phenoxy) is 1. The lowest BCUT2D eigenvalue weighted by Gasteiger charge is -2.21. The molecule has 1 aromatic carbocycles. The van der Waals surface area contributed by atoms with Crippen LogP contribution in [-0.2, 0) is 0 Å². The summed E-state index contributed by atoms with van der Waals surface area (Å²) >= 11 is 3.38. The van der Waals surface area contributed by atoms with E-state index in [2.05, 4.69) is 21.2 Å². The number of aliphatic hydroxyl groups is 1. The molecule has 0 aliphatic rings. The van der Waals surface area contributed by atoms with E-state index in [9.17, 15) is 0 Å². The Hall–Kier alpha value is -0.580. The number of nitrogens with one attached hydrogen (secondary N) is 1. The molecule has 0 unspecified atom stereocenters. The first-order valence-corrected chi connectivity index (χ1v) is 6.53. The van der Waals surface area contributed by atoms with Crippen molar-refractivity contribution in [1.29, 1.82) is 0 Å². The quantitative estimate of drug-likeness (QED) is 0.760. The molecule has 0 spiro atoms. The fourth-order valence-electron chi connectivity index (χ4n) is 1.25. The standard InChI is InChI=1S/C13H20BrNO2/c1-13(2,10-16)9-15-7-8-17-12-5-3-11(14)4-6-12/h3-6,15-16H,7-10H2,1-2H3. The summed E-state index contributed by atoms with van der Waals surface area (Å²) < 4.78 is 6.61. The SMILES string of the molecule is CC(C)(CO)CNCCOc1ccc(Br)cc1. The summed E-state index contributed by atoms with van der Waals surface area (Å²) in [4.78, 5) is 0. The topological polar surface area (TPSA) is 41.5 Å². The highest BCUT2D eigenvalue weighted by Crippen LogP contribution is 2.15. The highest BCUT2D eigenvalue weighted by Gasteiger charge is 2.14. The molecular formula is C13H20BrNO2. The van der Waals surface area contributed by atoms with E-state index in [1.807, 2.05) is 38.1 Å². The summed E-state index contributed by atoms with van der Waals surface area (Å²) in [6.07, 6.45) is 0.